The second-order valence-electron chi connectivity index (χ2n) is 7.18. The third kappa shape index (κ3) is 6.19. The van der Waals surface area contributed by atoms with Crippen LogP contribution in [0.2, 0.25) is 0 Å². The first-order valence-electron chi connectivity index (χ1n) is 9.88. The topological polar surface area (TPSA) is 109 Å². The fourth-order valence-electron chi connectivity index (χ4n) is 3.14. The van der Waals surface area contributed by atoms with Crippen LogP contribution in [0.25, 0.3) is 0 Å². The molecule has 0 saturated heterocycles. The molecule has 0 aromatic heterocycles. The second kappa shape index (κ2) is 10.4. The standard InChI is InChI=1S/C25H21N5O2/c1-18-5-2-10-23(11-18)30(16-24(31)28-21-8-3-6-19(12-21)14-26)17-25(32)29-22-9-4-7-20(13-22)15-27/h2-13H,16-17H2,1H3,(H,28,31)(H,29,32). The van der Waals surface area contributed by atoms with E-state index in [2.05, 4.69) is 10.6 Å². The molecule has 0 radical (unpaired) electrons. The van der Waals surface area contributed by atoms with Gasteiger partial charge in [-0.15, -0.1) is 0 Å². The van der Waals surface area contributed by atoms with Gasteiger partial charge < -0.3 is 15.5 Å². The highest BCUT2D eigenvalue weighted by Gasteiger charge is 2.16. The van der Waals surface area contributed by atoms with Crippen molar-refractivity contribution in [1.82, 2.24) is 0 Å². The summed E-state index contributed by atoms with van der Waals surface area (Å²) in [4.78, 5) is 27.1. The van der Waals surface area contributed by atoms with Gasteiger partial charge in [0.2, 0.25) is 11.8 Å². The molecule has 2 N–H and O–H groups in total. The number of hydrogen-bond donors (Lipinski definition) is 2. The van der Waals surface area contributed by atoms with Crippen LogP contribution in [0.5, 0.6) is 0 Å². The molecule has 0 atom stereocenters. The number of anilines is 3. The Kier molecular flexibility index (Phi) is 7.19. The minimum atomic E-state index is -0.319. The summed E-state index contributed by atoms with van der Waals surface area (Å²) in [5.41, 5.74) is 3.63. The van der Waals surface area contributed by atoms with Gasteiger partial charge in [-0.25, -0.2) is 0 Å². The summed E-state index contributed by atoms with van der Waals surface area (Å²) in [6.45, 7) is 1.81. The van der Waals surface area contributed by atoms with Crippen LogP contribution < -0.4 is 15.5 Å². The van der Waals surface area contributed by atoms with Gasteiger partial charge in [0.05, 0.1) is 36.4 Å². The van der Waals surface area contributed by atoms with Crippen molar-refractivity contribution in [2.24, 2.45) is 0 Å². The molecular weight excluding hydrogens is 402 g/mol. The van der Waals surface area contributed by atoms with E-state index in [1.54, 1.807) is 53.4 Å². The maximum absolute atomic E-state index is 12.7. The molecule has 0 aliphatic rings. The van der Waals surface area contributed by atoms with E-state index in [4.69, 9.17) is 10.5 Å². The number of benzene rings is 3. The zero-order valence-electron chi connectivity index (χ0n) is 17.5. The summed E-state index contributed by atoms with van der Waals surface area (Å²) >= 11 is 0. The normalized spacial score (nSPS) is 9.84. The smallest absolute Gasteiger partial charge is 0.243 e. The van der Waals surface area contributed by atoms with Gasteiger partial charge in [0.15, 0.2) is 0 Å². The first kappa shape index (κ1) is 22.1. The number of aryl methyl sites for hydroxylation is 1. The molecule has 0 saturated carbocycles. The van der Waals surface area contributed by atoms with E-state index in [-0.39, 0.29) is 24.9 Å². The molecule has 0 spiro atoms. The van der Waals surface area contributed by atoms with Gasteiger partial charge in [0.1, 0.15) is 0 Å². The maximum Gasteiger partial charge on any atom is 0.243 e. The summed E-state index contributed by atoms with van der Waals surface area (Å²) in [6.07, 6.45) is 0. The second-order valence-corrected chi connectivity index (χ2v) is 7.18. The molecule has 7 heteroatoms. The van der Waals surface area contributed by atoms with Crippen molar-refractivity contribution < 1.29 is 9.59 Å². The number of nitrogens with one attached hydrogen (secondary N) is 2. The lowest BCUT2D eigenvalue weighted by molar-refractivity contribution is -0.115. The highest BCUT2D eigenvalue weighted by atomic mass is 16.2. The van der Waals surface area contributed by atoms with E-state index < -0.39 is 0 Å². The van der Waals surface area contributed by atoms with Crippen LogP contribution in [0.4, 0.5) is 17.1 Å². The van der Waals surface area contributed by atoms with Crippen LogP contribution in [-0.2, 0) is 9.59 Å². The Morgan fingerprint density at radius 1 is 0.781 bits per heavy atom. The Morgan fingerprint density at radius 3 is 1.75 bits per heavy atom. The number of nitriles is 2. The van der Waals surface area contributed by atoms with Crippen molar-refractivity contribution in [3.8, 4) is 12.1 Å². The zero-order valence-corrected chi connectivity index (χ0v) is 17.5. The predicted molar refractivity (Wildman–Crippen MR) is 123 cm³/mol. The molecule has 7 nitrogen and oxygen atoms in total. The molecule has 3 aromatic rings. The first-order valence-corrected chi connectivity index (χ1v) is 9.88. The number of carbonyl (C=O) groups excluding carboxylic acids is 2. The van der Waals surface area contributed by atoms with Crippen molar-refractivity contribution in [2.75, 3.05) is 28.6 Å². The molecule has 2 amide bonds. The fourth-order valence-corrected chi connectivity index (χ4v) is 3.14. The van der Waals surface area contributed by atoms with Gasteiger partial charge in [-0.1, -0.05) is 24.3 Å². The molecule has 0 aliphatic carbocycles. The molecular formula is C25H21N5O2. The van der Waals surface area contributed by atoms with E-state index in [0.29, 0.717) is 22.5 Å². The minimum Gasteiger partial charge on any atom is -0.353 e. The van der Waals surface area contributed by atoms with E-state index in [9.17, 15) is 9.59 Å². The predicted octanol–water partition coefficient (Wildman–Crippen LogP) is 3.82. The SMILES string of the molecule is Cc1cccc(N(CC(=O)Nc2cccc(C#N)c2)CC(=O)Nc2cccc(C#N)c2)c1. The number of carbonyl (C=O) groups is 2. The summed E-state index contributed by atoms with van der Waals surface area (Å²) in [5, 5.41) is 23.6. The average Bonchev–Trinajstić information content (AvgIpc) is 2.78. The monoisotopic (exact) mass is 423 g/mol. The molecule has 3 rings (SSSR count). The van der Waals surface area contributed by atoms with E-state index in [0.717, 1.165) is 11.3 Å². The van der Waals surface area contributed by atoms with Gasteiger partial charge >= 0.3 is 0 Å². The summed E-state index contributed by atoms with van der Waals surface area (Å²) in [6, 6.07) is 24.9. The Bertz CT molecular complexity index is 1150. The van der Waals surface area contributed by atoms with Crippen LogP contribution >= 0.6 is 0 Å². The molecule has 0 aliphatic heterocycles. The van der Waals surface area contributed by atoms with Crippen molar-refractivity contribution in [3.05, 3.63) is 89.5 Å². The van der Waals surface area contributed by atoms with Crippen molar-refractivity contribution >= 4 is 28.9 Å². The molecule has 0 unspecified atom stereocenters. The lowest BCUT2D eigenvalue weighted by Gasteiger charge is -2.24. The number of amides is 2. The van der Waals surface area contributed by atoms with Crippen LogP contribution in [0.3, 0.4) is 0 Å². The molecule has 32 heavy (non-hydrogen) atoms. The molecule has 0 heterocycles. The molecule has 158 valence electrons. The number of hydrogen-bond acceptors (Lipinski definition) is 5. The van der Waals surface area contributed by atoms with Crippen molar-refractivity contribution in [2.45, 2.75) is 6.92 Å². The van der Waals surface area contributed by atoms with Gasteiger partial charge in [-0.3, -0.25) is 9.59 Å². The summed E-state index contributed by atoms with van der Waals surface area (Å²) in [5.74, 6) is -0.637. The highest BCUT2D eigenvalue weighted by molar-refractivity contribution is 5.98. The van der Waals surface area contributed by atoms with E-state index in [1.165, 1.54) is 0 Å². The Hall–Kier alpha value is -4.62. The van der Waals surface area contributed by atoms with E-state index >= 15 is 0 Å². The molecule has 0 bridgehead atoms. The van der Waals surface area contributed by atoms with Crippen LogP contribution in [-0.4, -0.2) is 24.9 Å². The van der Waals surface area contributed by atoms with Crippen molar-refractivity contribution in [1.29, 1.82) is 10.5 Å². The summed E-state index contributed by atoms with van der Waals surface area (Å²) in [7, 11) is 0. The van der Waals surface area contributed by atoms with Crippen LogP contribution in [0, 0.1) is 29.6 Å². The first-order chi connectivity index (χ1) is 15.5. The summed E-state index contributed by atoms with van der Waals surface area (Å²) < 4.78 is 0. The molecule has 3 aromatic carbocycles. The number of rotatable bonds is 7. The Labute approximate surface area is 186 Å². The number of nitrogens with zero attached hydrogens (tertiary/aromatic N) is 3. The average molecular weight is 423 g/mol. The highest BCUT2D eigenvalue weighted by Crippen LogP contribution is 2.17. The fraction of sp³-hybridized carbons (Fsp3) is 0.120. The molecule has 0 fully saturated rings. The van der Waals surface area contributed by atoms with Crippen molar-refractivity contribution in [3.63, 3.8) is 0 Å². The minimum absolute atomic E-state index is 0.0636. The van der Waals surface area contributed by atoms with Gasteiger partial charge in [-0.2, -0.15) is 10.5 Å². The lowest BCUT2D eigenvalue weighted by Crippen LogP contribution is -2.39. The van der Waals surface area contributed by atoms with Gasteiger partial charge in [0, 0.05) is 17.1 Å². The van der Waals surface area contributed by atoms with Crippen LogP contribution in [0.1, 0.15) is 16.7 Å². The van der Waals surface area contributed by atoms with Gasteiger partial charge in [-0.05, 0) is 61.0 Å². The Balaban J connectivity index is 1.74. The van der Waals surface area contributed by atoms with E-state index in [1.807, 2.05) is 43.3 Å². The quantitative estimate of drug-likeness (QED) is 0.600. The zero-order chi connectivity index (χ0) is 22.9. The third-order valence-corrected chi connectivity index (χ3v) is 4.59. The maximum atomic E-state index is 12.7. The Morgan fingerprint density at radius 2 is 1.28 bits per heavy atom. The lowest BCUT2D eigenvalue weighted by atomic mass is 10.2. The van der Waals surface area contributed by atoms with Gasteiger partial charge in [0.25, 0.3) is 0 Å². The largest absolute Gasteiger partial charge is 0.353 e. The van der Waals surface area contributed by atoms with Crippen LogP contribution in [0.15, 0.2) is 72.8 Å². The third-order valence-electron chi connectivity index (χ3n) is 4.59.